The average Bonchev–Trinajstić information content (AvgIpc) is 3.21. The van der Waals surface area contributed by atoms with Crippen molar-refractivity contribution < 1.29 is 0 Å². The number of benzene rings is 1. The zero-order chi connectivity index (χ0) is 11.9. The van der Waals surface area contributed by atoms with Gasteiger partial charge < -0.3 is 11.1 Å². The minimum atomic E-state index is 0. The van der Waals surface area contributed by atoms with Crippen LogP contribution in [0.1, 0.15) is 31.7 Å². The monoisotopic (exact) mass is 357 g/mol. The van der Waals surface area contributed by atoms with Gasteiger partial charge in [0.1, 0.15) is 0 Å². The minimum absolute atomic E-state index is 0. The zero-order valence-electron chi connectivity index (χ0n) is 10.6. The van der Waals surface area contributed by atoms with Crippen LogP contribution in [0, 0.1) is 5.41 Å². The van der Waals surface area contributed by atoms with Gasteiger partial charge in [0.25, 0.3) is 0 Å². The standard InChI is InChI=1S/C14H19N3.HI/c1-2-10-4-3-5-11(8-10)16-13(15)17-12-9-14(12)6-7-14;/h3-5,8,12H,2,6-7,9H2,1H3,(H3,15,16,17);1H. The van der Waals surface area contributed by atoms with Gasteiger partial charge in [0.15, 0.2) is 5.96 Å². The Kier molecular flexibility index (Phi) is 3.84. The molecule has 2 aliphatic carbocycles. The lowest BCUT2D eigenvalue weighted by molar-refractivity contribution is 0.825. The van der Waals surface area contributed by atoms with Crippen LogP contribution in [0.15, 0.2) is 29.3 Å². The van der Waals surface area contributed by atoms with E-state index in [0.717, 1.165) is 12.1 Å². The van der Waals surface area contributed by atoms with E-state index in [1.807, 2.05) is 12.1 Å². The van der Waals surface area contributed by atoms with Crippen molar-refractivity contribution in [3.8, 4) is 0 Å². The van der Waals surface area contributed by atoms with Crippen LogP contribution in [0.3, 0.4) is 0 Å². The molecule has 1 unspecified atom stereocenters. The molecule has 98 valence electrons. The third-order valence-electron chi connectivity index (χ3n) is 3.94. The highest BCUT2D eigenvalue weighted by Crippen LogP contribution is 2.67. The molecule has 0 amide bonds. The number of anilines is 1. The molecule has 1 aromatic carbocycles. The number of nitrogens with two attached hydrogens (primary N) is 1. The smallest absolute Gasteiger partial charge is 0.193 e. The van der Waals surface area contributed by atoms with Crippen LogP contribution >= 0.6 is 24.0 Å². The molecular weight excluding hydrogens is 337 g/mol. The van der Waals surface area contributed by atoms with E-state index < -0.39 is 0 Å². The molecule has 1 aromatic rings. The van der Waals surface area contributed by atoms with Crippen LogP contribution in [-0.4, -0.2) is 12.0 Å². The number of aryl methyl sites for hydroxylation is 1. The summed E-state index contributed by atoms with van der Waals surface area (Å²) in [5.74, 6) is 0.562. The molecule has 2 saturated carbocycles. The van der Waals surface area contributed by atoms with Crippen LogP contribution < -0.4 is 11.1 Å². The lowest BCUT2D eigenvalue weighted by Crippen LogP contribution is -2.23. The first kappa shape index (κ1) is 13.6. The Morgan fingerprint density at radius 3 is 2.89 bits per heavy atom. The van der Waals surface area contributed by atoms with Crippen molar-refractivity contribution in [1.29, 1.82) is 0 Å². The quantitative estimate of drug-likeness (QED) is 0.496. The van der Waals surface area contributed by atoms with Gasteiger partial charge in [0.2, 0.25) is 0 Å². The van der Waals surface area contributed by atoms with Gasteiger partial charge in [-0.25, -0.2) is 4.99 Å². The second kappa shape index (κ2) is 5.07. The van der Waals surface area contributed by atoms with E-state index in [-0.39, 0.29) is 24.0 Å². The summed E-state index contributed by atoms with van der Waals surface area (Å²) >= 11 is 0. The highest BCUT2D eigenvalue weighted by atomic mass is 127. The highest BCUT2D eigenvalue weighted by molar-refractivity contribution is 14.0. The van der Waals surface area contributed by atoms with E-state index in [0.29, 0.717) is 17.4 Å². The minimum Gasteiger partial charge on any atom is -0.370 e. The van der Waals surface area contributed by atoms with Crippen LogP contribution in [0.25, 0.3) is 0 Å². The summed E-state index contributed by atoms with van der Waals surface area (Å²) in [6.45, 7) is 2.15. The summed E-state index contributed by atoms with van der Waals surface area (Å²) in [6.07, 6.45) is 4.97. The molecule has 0 aliphatic heterocycles. The molecular formula is C14H20IN3. The molecule has 0 heterocycles. The predicted molar refractivity (Wildman–Crippen MR) is 86.6 cm³/mol. The summed E-state index contributed by atoms with van der Waals surface area (Å²) in [5, 5.41) is 3.18. The molecule has 0 bridgehead atoms. The fraction of sp³-hybridized carbons (Fsp3) is 0.500. The Bertz CT molecular complexity index is 466. The first-order valence-corrected chi connectivity index (χ1v) is 6.41. The van der Waals surface area contributed by atoms with Gasteiger partial charge in [-0.15, -0.1) is 24.0 Å². The maximum Gasteiger partial charge on any atom is 0.193 e. The molecule has 3 rings (SSSR count). The molecule has 2 aliphatic rings. The van der Waals surface area contributed by atoms with E-state index in [9.17, 15) is 0 Å². The number of halogens is 1. The van der Waals surface area contributed by atoms with Crippen molar-refractivity contribution in [2.75, 3.05) is 5.32 Å². The number of hydrogen-bond donors (Lipinski definition) is 2. The number of nitrogens with zero attached hydrogens (tertiary/aromatic N) is 1. The zero-order valence-corrected chi connectivity index (χ0v) is 13.0. The Morgan fingerprint density at radius 2 is 2.28 bits per heavy atom. The van der Waals surface area contributed by atoms with Gasteiger partial charge in [-0.3, -0.25) is 0 Å². The van der Waals surface area contributed by atoms with E-state index >= 15 is 0 Å². The van der Waals surface area contributed by atoms with E-state index in [1.54, 1.807) is 0 Å². The molecule has 0 aromatic heterocycles. The topological polar surface area (TPSA) is 50.4 Å². The average molecular weight is 357 g/mol. The first-order chi connectivity index (χ1) is 8.22. The number of aliphatic imine (C=N–C) groups is 1. The normalized spacial score (nSPS) is 23.4. The van der Waals surface area contributed by atoms with Gasteiger partial charge in [-0.05, 0) is 48.8 Å². The molecule has 3 nitrogen and oxygen atoms in total. The Morgan fingerprint density at radius 1 is 1.50 bits per heavy atom. The van der Waals surface area contributed by atoms with Gasteiger partial charge in [-0.2, -0.15) is 0 Å². The lowest BCUT2D eigenvalue weighted by atomic mass is 10.1. The molecule has 0 radical (unpaired) electrons. The van der Waals surface area contributed by atoms with Crippen molar-refractivity contribution in [2.24, 2.45) is 16.1 Å². The highest BCUT2D eigenvalue weighted by Gasteiger charge is 2.63. The van der Waals surface area contributed by atoms with Crippen molar-refractivity contribution in [1.82, 2.24) is 0 Å². The van der Waals surface area contributed by atoms with Crippen LogP contribution in [-0.2, 0) is 6.42 Å². The fourth-order valence-electron chi connectivity index (χ4n) is 2.42. The van der Waals surface area contributed by atoms with E-state index in [4.69, 9.17) is 5.73 Å². The molecule has 1 spiro atoms. The summed E-state index contributed by atoms with van der Waals surface area (Å²) in [5.41, 5.74) is 8.86. The van der Waals surface area contributed by atoms with Crippen LogP contribution in [0.5, 0.6) is 0 Å². The molecule has 0 saturated heterocycles. The van der Waals surface area contributed by atoms with Gasteiger partial charge >= 0.3 is 0 Å². The Labute approximate surface area is 125 Å². The number of nitrogens with one attached hydrogen (secondary N) is 1. The second-order valence-electron chi connectivity index (χ2n) is 5.28. The molecule has 18 heavy (non-hydrogen) atoms. The second-order valence-corrected chi connectivity index (χ2v) is 5.28. The maximum atomic E-state index is 5.93. The first-order valence-electron chi connectivity index (χ1n) is 6.41. The van der Waals surface area contributed by atoms with Gasteiger partial charge in [-0.1, -0.05) is 19.1 Å². The number of guanidine groups is 1. The number of hydrogen-bond acceptors (Lipinski definition) is 1. The van der Waals surface area contributed by atoms with Crippen molar-refractivity contribution in [2.45, 2.75) is 38.6 Å². The van der Waals surface area contributed by atoms with Crippen LogP contribution in [0.4, 0.5) is 5.69 Å². The Hall–Kier alpha value is -0.780. The fourth-order valence-corrected chi connectivity index (χ4v) is 2.42. The van der Waals surface area contributed by atoms with Gasteiger partial charge in [0.05, 0.1) is 6.04 Å². The summed E-state index contributed by atoms with van der Waals surface area (Å²) < 4.78 is 0. The molecule has 2 fully saturated rings. The van der Waals surface area contributed by atoms with Crippen molar-refractivity contribution >= 4 is 35.6 Å². The van der Waals surface area contributed by atoms with E-state index in [2.05, 4.69) is 29.4 Å². The summed E-state index contributed by atoms with van der Waals surface area (Å²) in [6, 6.07) is 8.82. The van der Waals surface area contributed by atoms with Crippen molar-refractivity contribution in [3.05, 3.63) is 29.8 Å². The Balaban J connectivity index is 0.00000120. The van der Waals surface area contributed by atoms with Crippen molar-refractivity contribution in [3.63, 3.8) is 0 Å². The third kappa shape index (κ3) is 2.79. The predicted octanol–water partition coefficient (Wildman–Crippen LogP) is 3.15. The molecule has 4 heteroatoms. The van der Waals surface area contributed by atoms with Crippen LogP contribution in [0.2, 0.25) is 0 Å². The number of rotatable bonds is 3. The third-order valence-corrected chi connectivity index (χ3v) is 3.94. The largest absolute Gasteiger partial charge is 0.370 e. The van der Waals surface area contributed by atoms with E-state index in [1.165, 1.54) is 24.8 Å². The summed E-state index contributed by atoms with van der Waals surface area (Å²) in [4.78, 5) is 4.54. The molecule has 3 N–H and O–H groups in total. The maximum absolute atomic E-state index is 5.93. The lowest BCUT2D eigenvalue weighted by Gasteiger charge is -2.06. The summed E-state index contributed by atoms with van der Waals surface area (Å²) in [7, 11) is 0. The van der Waals surface area contributed by atoms with Gasteiger partial charge in [0, 0.05) is 5.69 Å². The molecule has 1 atom stereocenters. The SMILES string of the molecule is CCc1cccc(NC(N)=NC2CC23CC3)c1.I.